The molecule has 4 heteroatoms. The first-order valence-electron chi connectivity index (χ1n) is 7.65. The number of nitrogens with one attached hydrogen (secondary N) is 1. The first-order valence-corrected chi connectivity index (χ1v) is 9.23. The molecule has 0 amide bonds. The molecule has 0 aromatic heterocycles. The van der Waals surface area contributed by atoms with E-state index in [0.717, 1.165) is 32.5 Å². The van der Waals surface area contributed by atoms with Crippen molar-refractivity contribution in [2.45, 2.75) is 13.2 Å². The van der Waals surface area contributed by atoms with Crippen LogP contribution in [0.5, 0.6) is 5.75 Å². The van der Waals surface area contributed by atoms with Crippen LogP contribution in [0.25, 0.3) is 0 Å². The van der Waals surface area contributed by atoms with Crippen molar-refractivity contribution in [3.05, 3.63) is 92.9 Å². The maximum atomic E-state index is 5.89. The van der Waals surface area contributed by atoms with Gasteiger partial charge in [0.2, 0.25) is 0 Å². The number of hydrogen-bond acceptors (Lipinski definition) is 2. The summed E-state index contributed by atoms with van der Waals surface area (Å²) >= 11 is 6.89. The van der Waals surface area contributed by atoms with Crippen LogP contribution >= 0.6 is 31.9 Å². The number of anilines is 1. The van der Waals surface area contributed by atoms with Crippen LogP contribution in [0.1, 0.15) is 11.1 Å². The molecule has 0 aliphatic rings. The minimum Gasteiger partial charge on any atom is -0.489 e. The third kappa shape index (κ3) is 5.11. The molecule has 0 heterocycles. The van der Waals surface area contributed by atoms with Gasteiger partial charge in [-0.05, 0) is 59.7 Å². The molecule has 0 saturated carbocycles. The molecular formula is C20H17Br2NO. The Bertz CT molecular complexity index is 721. The number of benzene rings is 3. The Morgan fingerprint density at radius 1 is 0.750 bits per heavy atom. The van der Waals surface area contributed by atoms with E-state index in [4.69, 9.17) is 4.74 Å². The van der Waals surface area contributed by atoms with E-state index in [-0.39, 0.29) is 0 Å². The summed E-state index contributed by atoms with van der Waals surface area (Å²) in [6, 6.07) is 24.5. The van der Waals surface area contributed by atoms with Crippen LogP contribution in [0.4, 0.5) is 5.69 Å². The van der Waals surface area contributed by atoms with Crippen LogP contribution in [0, 0.1) is 0 Å². The van der Waals surface area contributed by atoms with Gasteiger partial charge in [-0.25, -0.2) is 0 Å². The molecule has 0 spiro atoms. The van der Waals surface area contributed by atoms with Crippen molar-refractivity contribution in [1.29, 1.82) is 0 Å². The van der Waals surface area contributed by atoms with Crippen molar-refractivity contribution in [3.8, 4) is 5.75 Å². The molecule has 0 aliphatic carbocycles. The molecule has 0 atom stereocenters. The van der Waals surface area contributed by atoms with Crippen LogP contribution in [0.2, 0.25) is 0 Å². The van der Waals surface area contributed by atoms with Gasteiger partial charge in [0.25, 0.3) is 0 Å². The predicted octanol–water partition coefficient (Wildman–Crippen LogP) is 6.40. The molecule has 3 aromatic carbocycles. The summed E-state index contributed by atoms with van der Waals surface area (Å²) in [5, 5.41) is 3.41. The van der Waals surface area contributed by atoms with Crippen LogP contribution in [-0.2, 0) is 13.2 Å². The molecule has 2 nitrogen and oxygen atoms in total. The smallest absolute Gasteiger partial charge is 0.120 e. The van der Waals surface area contributed by atoms with Gasteiger partial charge < -0.3 is 10.1 Å². The highest BCUT2D eigenvalue weighted by molar-refractivity contribution is 9.10. The lowest BCUT2D eigenvalue weighted by Gasteiger charge is -2.10. The molecule has 1 N–H and O–H groups in total. The summed E-state index contributed by atoms with van der Waals surface area (Å²) in [6.07, 6.45) is 0. The third-order valence-corrected chi connectivity index (χ3v) is 4.62. The van der Waals surface area contributed by atoms with E-state index in [2.05, 4.69) is 73.6 Å². The Hall–Kier alpha value is -1.78. The lowest BCUT2D eigenvalue weighted by atomic mass is 10.2. The summed E-state index contributed by atoms with van der Waals surface area (Å²) in [6.45, 7) is 1.33. The summed E-state index contributed by atoms with van der Waals surface area (Å²) < 4.78 is 8.05. The monoisotopic (exact) mass is 445 g/mol. The molecule has 0 aliphatic heterocycles. The van der Waals surface area contributed by atoms with Gasteiger partial charge in [0.1, 0.15) is 12.4 Å². The first-order chi connectivity index (χ1) is 11.7. The molecule has 3 rings (SSSR count). The van der Waals surface area contributed by atoms with Crippen LogP contribution < -0.4 is 10.1 Å². The molecule has 0 unspecified atom stereocenters. The Morgan fingerprint density at radius 2 is 1.42 bits per heavy atom. The van der Waals surface area contributed by atoms with Crippen LogP contribution in [0.3, 0.4) is 0 Å². The van der Waals surface area contributed by atoms with Gasteiger partial charge >= 0.3 is 0 Å². The molecule has 3 aromatic rings. The average Bonchev–Trinajstić information content (AvgIpc) is 2.61. The normalized spacial score (nSPS) is 10.4. The standard InChI is InChI=1S/C20H17Br2NO/c21-17-6-4-15(5-7-17)14-24-20-3-1-2-16(12-20)13-23-19-10-8-18(22)9-11-19/h1-12,23H,13-14H2. The minimum atomic E-state index is 0.566. The fourth-order valence-electron chi connectivity index (χ4n) is 2.26. The van der Waals surface area contributed by atoms with Gasteiger partial charge in [0.05, 0.1) is 0 Å². The van der Waals surface area contributed by atoms with Gasteiger partial charge in [0, 0.05) is 21.2 Å². The van der Waals surface area contributed by atoms with E-state index >= 15 is 0 Å². The van der Waals surface area contributed by atoms with E-state index in [1.165, 1.54) is 5.56 Å². The molecule has 24 heavy (non-hydrogen) atoms. The predicted molar refractivity (Wildman–Crippen MR) is 106 cm³/mol. The Morgan fingerprint density at radius 3 is 2.12 bits per heavy atom. The zero-order valence-electron chi connectivity index (χ0n) is 13.0. The van der Waals surface area contributed by atoms with Gasteiger partial charge in [-0.2, -0.15) is 0 Å². The van der Waals surface area contributed by atoms with E-state index in [9.17, 15) is 0 Å². The lowest BCUT2D eigenvalue weighted by Crippen LogP contribution is -2.00. The largest absolute Gasteiger partial charge is 0.489 e. The minimum absolute atomic E-state index is 0.566. The molecule has 0 bridgehead atoms. The second kappa shape index (κ2) is 8.36. The Kier molecular flexibility index (Phi) is 5.94. The molecule has 0 radical (unpaired) electrons. The van der Waals surface area contributed by atoms with Crippen molar-refractivity contribution >= 4 is 37.5 Å². The SMILES string of the molecule is Brc1ccc(COc2cccc(CNc3ccc(Br)cc3)c2)cc1. The van der Waals surface area contributed by atoms with Crippen molar-refractivity contribution in [2.24, 2.45) is 0 Å². The summed E-state index contributed by atoms with van der Waals surface area (Å²) in [5.74, 6) is 0.882. The fourth-order valence-corrected chi connectivity index (χ4v) is 2.79. The average molecular weight is 447 g/mol. The van der Waals surface area contributed by atoms with Crippen LogP contribution in [0.15, 0.2) is 81.7 Å². The van der Waals surface area contributed by atoms with E-state index in [0.29, 0.717) is 6.61 Å². The molecule has 0 saturated heterocycles. The highest BCUT2D eigenvalue weighted by Crippen LogP contribution is 2.19. The summed E-state index contributed by atoms with van der Waals surface area (Å²) in [4.78, 5) is 0. The number of hydrogen-bond donors (Lipinski definition) is 1. The van der Waals surface area contributed by atoms with Gasteiger partial charge in [0.15, 0.2) is 0 Å². The Labute approximate surface area is 159 Å². The first kappa shape index (κ1) is 17.1. The third-order valence-electron chi connectivity index (χ3n) is 3.56. The van der Waals surface area contributed by atoms with Crippen molar-refractivity contribution in [3.63, 3.8) is 0 Å². The maximum absolute atomic E-state index is 5.89. The van der Waals surface area contributed by atoms with Gasteiger partial charge in [-0.15, -0.1) is 0 Å². The Balaban J connectivity index is 1.57. The van der Waals surface area contributed by atoms with Crippen molar-refractivity contribution in [2.75, 3.05) is 5.32 Å². The van der Waals surface area contributed by atoms with Crippen LogP contribution in [-0.4, -0.2) is 0 Å². The van der Waals surface area contributed by atoms with E-state index in [1.807, 2.05) is 36.4 Å². The maximum Gasteiger partial charge on any atom is 0.120 e. The topological polar surface area (TPSA) is 21.3 Å². The van der Waals surface area contributed by atoms with E-state index < -0.39 is 0 Å². The highest BCUT2D eigenvalue weighted by atomic mass is 79.9. The zero-order valence-corrected chi connectivity index (χ0v) is 16.2. The quantitative estimate of drug-likeness (QED) is 0.472. The zero-order chi connectivity index (χ0) is 16.8. The van der Waals surface area contributed by atoms with Gasteiger partial charge in [-0.1, -0.05) is 56.1 Å². The van der Waals surface area contributed by atoms with Gasteiger partial charge in [-0.3, -0.25) is 0 Å². The lowest BCUT2D eigenvalue weighted by molar-refractivity contribution is 0.306. The van der Waals surface area contributed by atoms with E-state index in [1.54, 1.807) is 0 Å². The summed E-state index contributed by atoms with van der Waals surface area (Å²) in [5.41, 5.74) is 3.43. The summed E-state index contributed by atoms with van der Waals surface area (Å²) in [7, 11) is 0. The fraction of sp³-hybridized carbons (Fsp3) is 0.100. The van der Waals surface area contributed by atoms with Crippen molar-refractivity contribution in [1.82, 2.24) is 0 Å². The molecule has 0 fully saturated rings. The number of ether oxygens (including phenoxy) is 1. The second-order valence-electron chi connectivity index (χ2n) is 5.42. The number of rotatable bonds is 6. The van der Waals surface area contributed by atoms with Crippen molar-refractivity contribution < 1.29 is 4.74 Å². The highest BCUT2D eigenvalue weighted by Gasteiger charge is 2.00. The second-order valence-corrected chi connectivity index (χ2v) is 7.25. The molecular weight excluding hydrogens is 430 g/mol. The number of halogens is 2. The molecule has 122 valence electrons.